The van der Waals surface area contributed by atoms with E-state index in [0.717, 1.165) is 33.2 Å². The van der Waals surface area contributed by atoms with Crippen LogP contribution in [0.1, 0.15) is 47.9 Å². The van der Waals surface area contributed by atoms with Crippen LogP contribution in [-0.4, -0.2) is 106 Å². The third kappa shape index (κ3) is 16.8. The Hall–Kier alpha value is -7.84. The number of carboxylic acids is 2. The van der Waals surface area contributed by atoms with Gasteiger partial charge in [-0.15, -0.1) is 0 Å². The molecule has 1 heterocycles. The maximum Gasteiger partial charge on any atom is 0.326 e. The summed E-state index contributed by atoms with van der Waals surface area (Å²) in [5.41, 5.74) is 2.68. The SMILES string of the molecule is Cc1ccc(S(=O)(=O)N(C)CC(=O)NC(Cc2ccc(C#CCOc3ccccc3)cc2)C(=O)O)cc1.Cc1ccc(S(=O)(=O)NC(CC2(C(=O)[C@@H]3CCCN3)C=CC(C#CCOc3ccccc3)=CC2)C(=O)O)cc1. The lowest BCUT2D eigenvalue weighted by atomic mass is 9.70. The standard InChI is InChI=1S/C30H32N2O6S.C28H28N2O6S/c1-22-11-13-25(14-12-22)39(36,37)32-27(29(34)35)21-30(28(33)26-10-5-19-31-26)17-15-23(16-18-30)7-6-20-38-24-8-3-2-4-9-24;1-21-10-16-25(17-11-21)37(34,35)30(2)20-27(31)29-26(28(32)33)19-23-14-12-22(13-15-23)7-6-18-36-24-8-4-3-5-9-24/h2-4,8-9,11-17,26-27,31-32H,5,10,18-21H2,1H3,(H,34,35);3-5,8-17,26H,18-20H2,1-2H3,(H,29,31)(H,32,33)/t26-,27?,30?;/m0./s1. The van der Waals surface area contributed by atoms with Crippen molar-refractivity contribution in [2.45, 2.75) is 73.9 Å². The van der Waals surface area contributed by atoms with E-state index in [9.17, 15) is 46.2 Å². The maximum absolute atomic E-state index is 13.7. The van der Waals surface area contributed by atoms with Crippen LogP contribution in [0, 0.1) is 42.9 Å². The third-order valence-corrected chi connectivity index (χ3v) is 15.6. The van der Waals surface area contributed by atoms with Crippen molar-refractivity contribution in [3.8, 4) is 35.2 Å². The highest BCUT2D eigenvalue weighted by atomic mass is 32.2. The molecule has 2 aliphatic rings. The van der Waals surface area contributed by atoms with Crippen LogP contribution in [0.2, 0.25) is 0 Å². The van der Waals surface area contributed by atoms with E-state index < -0.39 is 68.0 Å². The number of benzene rings is 5. The van der Waals surface area contributed by atoms with Gasteiger partial charge in [0.25, 0.3) is 0 Å². The van der Waals surface area contributed by atoms with Gasteiger partial charge in [-0.25, -0.2) is 21.6 Å². The van der Waals surface area contributed by atoms with Crippen LogP contribution in [0.5, 0.6) is 11.5 Å². The number of likely N-dealkylation sites (N-methyl/N-ethyl adjacent to an activating group) is 1. The van der Waals surface area contributed by atoms with Gasteiger partial charge in [0.15, 0.2) is 5.78 Å². The zero-order valence-electron chi connectivity index (χ0n) is 42.3. The lowest BCUT2D eigenvalue weighted by molar-refractivity contribution is -0.142. The van der Waals surface area contributed by atoms with Gasteiger partial charge < -0.3 is 30.3 Å². The Balaban J connectivity index is 0.000000247. The van der Waals surface area contributed by atoms with Crippen molar-refractivity contribution >= 4 is 43.7 Å². The summed E-state index contributed by atoms with van der Waals surface area (Å²) in [7, 11) is -6.75. The molecule has 0 bridgehead atoms. The molecule has 0 saturated carbocycles. The smallest absolute Gasteiger partial charge is 0.326 e. The van der Waals surface area contributed by atoms with Crippen LogP contribution in [0.3, 0.4) is 0 Å². The number of carbonyl (C=O) groups is 4. The number of carboxylic acid groups (broad SMARTS) is 2. The Bertz CT molecular complexity index is 3230. The number of carbonyl (C=O) groups excluding carboxylic acids is 2. The second-order valence-corrected chi connectivity index (χ2v) is 21.9. The lowest BCUT2D eigenvalue weighted by Gasteiger charge is -2.35. The van der Waals surface area contributed by atoms with Crippen molar-refractivity contribution in [3.63, 3.8) is 0 Å². The fraction of sp³-hybridized carbons (Fsp3) is 0.276. The number of nitrogens with one attached hydrogen (secondary N) is 3. The molecule has 1 fully saturated rings. The summed E-state index contributed by atoms with van der Waals surface area (Å²) in [6, 6.07) is 34.9. The van der Waals surface area contributed by atoms with Crippen LogP contribution in [0.25, 0.3) is 0 Å². The number of amides is 1. The largest absolute Gasteiger partial charge is 0.481 e. The molecule has 18 heteroatoms. The summed E-state index contributed by atoms with van der Waals surface area (Å²) in [5, 5.41) is 25.2. The molecule has 0 aromatic heterocycles. The van der Waals surface area contributed by atoms with Gasteiger partial charge in [-0.3, -0.25) is 14.4 Å². The molecule has 5 N–H and O–H groups in total. The number of sulfonamides is 2. The Morgan fingerprint density at radius 3 is 1.80 bits per heavy atom. The fourth-order valence-electron chi connectivity index (χ4n) is 8.10. The second-order valence-electron chi connectivity index (χ2n) is 18.1. The Kier molecular flexibility index (Phi) is 20.5. The van der Waals surface area contributed by atoms with Gasteiger partial charge in [-0.1, -0.05) is 120 Å². The van der Waals surface area contributed by atoms with E-state index in [-0.39, 0.29) is 48.1 Å². The second kappa shape index (κ2) is 27.1. The zero-order valence-corrected chi connectivity index (χ0v) is 43.9. The number of hydrogen-bond donors (Lipinski definition) is 5. The average Bonchev–Trinajstić information content (AvgIpc) is 3.96. The first-order chi connectivity index (χ1) is 36.3. The van der Waals surface area contributed by atoms with Crippen LogP contribution in [0.4, 0.5) is 0 Å². The van der Waals surface area contributed by atoms with E-state index in [1.165, 1.54) is 31.3 Å². The quantitative estimate of drug-likeness (QED) is 0.0543. The van der Waals surface area contributed by atoms with E-state index >= 15 is 0 Å². The summed E-state index contributed by atoms with van der Waals surface area (Å²) in [5.74, 6) is 9.88. The first-order valence-corrected chi connectivity index (χ1v) is 27.2. The highest BCUT2D eigenvalue weighted by Crippen LogP contribution is 2.38. The zero-order chi connectivity index (χ0) is 54.7. The summed E-state index contributed by atoms with van der Waals surface area (Å²) < 4.78 is 65.7. The third-order valence-electron chi connectivity index (χ3n) is 12.3. The topological polar surface area (TPSA) is 235 Å². The minimum absolute atomic E-state index is 0.0281. The molecular weight excluding hydrogens is 1010 g/mol. The van der Waals surface area contributed by atoms with Gasteiger partial charge in [0, 0.05) is 24.6 Å². The predicted molar refractivity (Wildman–Crippen MR) is 287 cm³/mol. The number of nitrogens with zero attached hydrogens (tertiary/aromatic N) is 1. The summed E-state index contributed by atoms with van der Waals surface area (Å²) in [6.45, 7) is 4.27. The van der Waals surface area contributed by atoms with Gasteiger partial charge in [0.2, 0.25) is 26.0 Å². The van der Waals surface area contributed by atoms with Crippen LogP contribution in [0.15, 0.2) is 167 Å². The molecule has 1 aliphatic carbocycles. The molecule has 7 rings (SSSR count). The summed E-state index contributed by atoms with van der Waals surface area (Å²) in [6.07, 6.45) is 6.69. The number of para-hydroxylation sites is 2. The molecule has 16 nitrogen and oxygen atoms in total. The molecule has 4 atom stereocenters. The van der Waals surface area contributed by atoms with Crippen molar-refractivity contribution in [1.82, 2.24) is 19.7 Å². The monoisotopic (exact) mass is 1070 g/mol. The number of aliphatic carboxylic acids is 2. The number of Topliss-reactive ketones (excluding diaryl/α,β-unsaturated/α-hetero) is 1. The normalized spacial score (nSPS) is 16.7. The minimum Gasteiger partial charge on any atom is -0.481 e. The van der Waals surface area contributed by atoms with E-state index in [1.54, 1.807) is 66.8 Å². The van der Waals surface area contributed by atoms with Gasteiger partial charge in [-0.05, 0) is 118 Å². The van der Waals surface area contributed by atoms with Crippen molar-refractivity contribution in [1.29, 1.82) is 0 Å². The number of ketones is 1. The molecule has 1 amide bonds. The molecule has 5 aromatic carbocycles. The fourth-order valence-corrected chi connectivity index (χ4v) is 10.4. The van der Waals surface area contributed by atoms with E-state index in [1.807, 2.05) is 74.5 Å². The number of allylic oxidation sites excluding steroid dienone is 4. The van der Waals surface area contributed by atoms with Crippen molar-refractivity contribution in [2.24, 2.45) is 5.41 Å². The Labute approximate surface area is 444 Å². The Morgan fingerprint density at radius 2 is 1.29 bits per heavy atom. The highest BCUT2D eigenvalue weighted by molar-refractivity contribution is 7.89. The molecule has 0 radical (unpaired) electrons. The first kappa shape index (κ1) is 57.4. The number of ether oxygens (including phenoxy) is 2. The molecular formula is C58H60N4O12S2. The first-order valence-electron chi connectivity index (χ1n) is 24.3. The van der Waals surface area contributed by atoms with Gasteiger partial charge in [0.1, 0.15) is 36.8 Å². The van der Waals surface area contributed by atoms with E-state index in [2.05, 4.69) is 39.0 Å². The van der Waals surface area contributed by atoms with Gasteiger partial charge in [-0.2, -0.15) is 9.03 Å². The number of hydrogen-bond acceptors (Lipinski definition) is 11. The lowest BCUT2D eigenvalue weighted by Crippen LogP contribution is -2.49. The summed E-state index contributed by atoms with van der Waals surface area (Å²) in [4.78, 5) is 50.2. The minimum atomic E-state index is -4.13. The summed E-state index contributed by atoms with van der Waals surface area (Å²) >= 11 is 0. The maximum atomic E-state index is 13.7. The highest BCUT2D eigenvalue weighted by Gasteiger charge is 2.45. The van der Waals surface area contributed by atoms with Crippen LogP contribution < -0.4 is 24.8 Å². The molecule has 396 valence electrons. The number of rotatable bonds is 20. The van der Waals surface area contributed by atoms with Crippen LogP contribution >= 0.6 is 0 Å². The van der Waals surface area contributed by atoms with Crippen molar-refractivity contribution in [2.75, 3.05) is 33.4 Å². The van der Waals surface area contributed by atoms with Crippen molar-refractivity contribution in [3.05, 3.63) is 180 Å². The molecule has 76 heavy (non-hydrogen) atoms. The molecule has 0 spiro atoms. The number of aryl methyl sites for hydroxylation is 2. The van der Waals surface area contributed by atoms with Crippen molar-refractivity contribution < 1.29 is 55.7 Å². The molecule has 1 saturated heterocycles. The molecule has 3 unspecified atom stereocenters. The molecule has 1 aliphatic heterocycles. The van der Waals surface area contributed by atoms with E-state index in [4.69, 9.17) is 9.47 Å². The van der Waals surface area contributed by atoms with Crippen LogP contribution in [-0.2, 0) is 45.6 Å². The predicted octanol–water partition coefficient (Wildman–Crippen LogP) is 6.25. The van der Waals surface area contributed by atoms with Gasteiger partial charge >= 0.3 is 11.9 Å². The average molecular weight is 1070 g/mol. The van der Waals surface area contributed by atoms with Gasteiger partial charge in [0.05, 0.1) is 27.8 Å². The Morgan fingerprint density at radius 1 is 0.737 bits per heavy atom. The van der Waals surface area contributed by atoms with E-state index in [0.29, 0.717) is 29.9 Å². The molecule has 5 aromatic rings.